The molecule has 1 fully saturated rings. The van der Waals surface area contributed by atoms with Crippen molar-refractivity contribution in [3.05, 3.63) is 0 Å². The molecule has 0 aromatic heterocycles. The highest BCUT2D eigenvalue weighted by molar-refractivity contribution is 4.85. The van der Waals surface area contributed by atoms with Crippen molar-refractivity contribution in [2.45, 2.75) is 103 Å². The third kappa shape index (κ3) is 7.31. The topological polar surface area (TPSA) is 29.5 Å². The summed E-state index contributed by atoms with van der Waals surface area (Å²) in [5, 5.41) is 10.6. The number of hydrogen-bond donors (Lipinski definition) is 1. The average Bonchev–Trinajstić information content (AvgIpc) is 2.41. The molecular weight excluding hydrogens is 236 g/mol. The van der Waals surface area contributed by atoms with Gasteiger partial charge in [-0.1, -0.05) is 65.2 Å². The molecule has 0 amide bonds. The van der Waals surface area contributed by atoms with Crippen LogP contribution in [0.15, 0.2) is 0 Å². The Bertz CT molecular complexity index is 217. The van der Waals surface area contributed by atoms with E-state index in [0.717, 1.165) is 32.3 Å². The lowest BCUT2D eigenvalue weighted by atomic mass is 9.85. The first kappa shape index (κ1) is 17.0. The molecule has 1 N–H and O–H groups in total. The Hall–Kier alpha value is -0.0800. The van der Waals surface area contributed by atoms with Gasteiger partial charge in [0, 0.05) is 13.0 Å². The molecule has 2 nitrogen and oxygen atoms in total. The SMILES string of the molecule is CCCCCCCCCCC1(O)CCOC(CC)C1. The first-order valence-electron chi connectivity index (χ1n) is 8.54. The van der Waals surface area contributed by atoms with Crippen molar-refractivity contribution in [1.29, 1.82) is 0 Å². The van der Waals surface area contributed by atoms with E-state index in [1.807, 2.05) is 0 Å². The Kier molecular flexibility index (Phi) is 8.72. The van der Waals surface area contributed by atoms with Crippen molar-refractivity contribution in [2.24, 2.45) is 0 Å². The molecule has 0 bridgehead atoms. The fraction of sp³-hybridized carbons (Fsp3) is 1.00. The fourth-order valence-corrected chi connectivity index (χ4v) is 3.08. The lowest BCUT2D eigenvalue weighted by Gasteiger charge is -2.36. The van der Waals surface area contributed by atoms with Gasteiger partial charge < -0.3 is 9.84 Å². The third-order valence-electron chi connectivity index (χ3n) is 4.48. The van der Waals surface area contributed by atoms with E-state index in [0.29, 0.717) is 0 Å². The van der Waals surface area contributed by atoms with E-state index in [1.54, 1.807) is 0 Å². The summed E-state index contributed by atoms with van der Waals surface area (Å²) in [5.74, 6) is 0. The van der Waals surface area contributed by atoms with Crippen LogP contribution in [0.3, 0.4) is 0 Å². The molecule has 1 aliphatic rings. The van der Waals surface area contributed by atoms with E-state index >= 15 is 0 Å². The van der Waals surface area contributed by atoms with Crippen LogP contribution in [0.4, 0.5) is 0 Å². The largest absolute Gasteiger partial charge is 0.390 e. The normalized spacial score (nSPS) is 27.6. The molecule has 1 rings (SSSR count). The number of rotatable bonds is 10. The second kappa shape index (κ2) is 9.77. The number of unbranched alkanes of at least 4 members (excludes halogenated alkanes) is 7. The van der Waals surface area contributed by atoms with Crippen LogP contribution in [0, 0.1) is 0 Å². The van der Waals surface area contributed by atoms with Crippen LogP contribution in [0.5, 0.6) is 0 Å². The average molecular weight is 270 g/mol. The molecule has 1 aliphatic heterocycles. The molecule has 19 heavy (non-hydrogen) atoms. The van der Waals surface area contributed by atoms with Crippen LogP contribution in [0.1, 0.15) is 90.9 Å². The zero-order valence-corrected chi connectivity index (χ0v) is 13.1. The predicted molar refractivity (Wildman–Crippen MR) is 81.4 cm³/mol. The van der Waals surface area contributed by atoms with Gasteiger partial charge in [-0.3, -0.25) is 0 Å². The summed E-state index contributed by atoms with van der Waals surface area (Å²) < 4.78 is 5.64. The van der Waals surface area contributed by atoms with Crippen molar-refractivity contribution in [2.75, 3.05) is 6.61 Å². The second-order valence-electron chi connectivity index (χ2n) is 6.30. The standard InChI is InChI=1S/C17H34O2/c1-3-5-6-7-8-9-10-11-12-17(18)13-14-19-16(4-2)15-17/h16,18H,3-15H2,1-2H3. The first-order chi connectivity index (χ1) is 9.20. The molecule has 1 heterocycles. The van der Waals surface area contributed by atoms with Gasteiger partial charge in [-0.05, 0) is 19.3 Å². The minimum atomic E-state index is -0.429. The second-order valence-corrected chi connectivity index (χ2v) is 6.30. The highest BCUT2D eigenvalue weighted by Crippen LogP contribution is 2.31. The van der Waals surface area contributed by atoms with Gasteiger partial charge in [-0.15, -0.1) is 0 Å². The number of aliphatic hydroxyl groups is 1. The van der Waals surface area contributed by atoms with Gasteiger partial charge in [0.15, 0.2) is 0 Å². The summed E-state index contributed by atoms with van der Waals surface area (Å²) in [4.78, 5) is 0. The molecule has 0 aromatic rings. The maximum Gasteiger partial charge on any atom is 0.0694 e. The Morgan fingerprint density at radius 2 is 1.63 bits per heavy atom. The van der Waals surface area contributed by atoms with E-state index in [1.165, 1.54) is 51.4 Å². The molecule has 2 heteroatoms. The molecule has 114 valence electrons. The third-order valence-corrected chi connectivity index (χ3v) is 4.48. The molecule has 0 saturated carbocycles. The smallest absolute Gasteiger partial charge is 0.0694 e. The van der Waals surface area contributed by atoms with Crippen LogP contribution in [0.2, 0.25) is 0 Å². The highest BCUT2D eigenvalue weighted by Gasteiger charge is 2.33. The predicted octanol–water partition coefficient (Wildman–Crippen LogP) is 4.84. The van der Waals surface area contributed by atoms with Crippen molar-refractivity contribution < 1.29 is 9.84 Å². The minimum Gasteiger partial charge on any atom is -0.390 e. The van der Waals surface area contributed by atoms with Crippen LogP contribution in [-0.2, 0) is 4.74 Å². The van der Waals surface area contributed by atoms with E-state index in [4.69, 9.17) is 4.74 Å². The molecular formula is C17H34O2. The first-order valence-corrected chi connectivity index (χ1v) is 8.54. The van der Waals surface area contributed by atoms with Crippen molar-refractivity contribution in [1.82, 2.24) is 0 Å². The lowest BCUT2D eigenvalue weighted by Crippen LogP contribution is -2.40. The van der Waals surface area contributed by atoms with E-state index < -0.39 is 5.60 Å². The van der Waals surface area contributed by atoms with Crippen molar-refractivity contribution in [3.63, 3.8) is 0 Å². The summed E-state index contributed by atoms with van der Waals surface area (Å²) in [6, 6.07) is 0. The molecule has 0 radical (unpaired) electrons. The number of ether oxygens (including phenoxy) is 1. The Morgan fingerprint density at radius 3 is 2.26 bits per heavy atom. The summed E-state index contributed by atoms with van der Waals surface area (Å²) in [5.41, 5.74) is -0.429. The van der Waals surface area contributed by atoms with Gasteiger partial charge in [0.2, 0.25) is 0 Å². The molecule has 0 aliphatic carbocycles. The summed E-state index contributed by atoms with van der Waals surface area (Å²) in [6.07, 6.45) is 14.7. The summed E-state index contributed by atoms with van der Waals surface area (Å²) in [6.45, 7) is 5.15. The lowest BCUT2D eigenvalue weighted by molar-refractivity contribution is -0.108. The van der Waals surface area contributed by atoms with Crippen LogP contribution in [0.25, 0.3) is 0 Å². The zero-order chi connectivity index (χ0) is 14.0. The molecule has 2 atom stereocenters. The van der Waals surface area contributed by atoms with Crippen molar-refractivity contribution in [3.8, 4) is 0 Å². The Morgan fingerprint density at radius 1 is 1.00 bits per heavy atom. The van der Waals surface area contributed by atoms with E-state index in [9.17, 15) is 5.11 Å². The minimum absolute atomic E-state index is 0.285. The van der Waals surface area contributed by atoms with E-state index in [2.05, 4.69) is 13.8 Å². The van der Waals surface area contributed by atoms with Gasteiger partial charge in [0.05, 0.1) is 11.7 Å². The van der Waals surface area contributed by atoms with Crippen LogP contribution in [-0.4, -0.2) is 23.4 Å². The Balaban J connectivity index is 2.01. The number of hydrogen-bond acceptors (Lipinski definition) is 2. The quantitative estimate of drug-likeness (QED) is 0.576. The van der Waals surface area contributed by atoms with E-state index in [-0.39, 0.29) is 6.10 Å². The van der Waals surface area contributed by atoms with Crippen LogP contribution >= 0.6 is 0 Å². The Labute approximate surface area is 119 Å². The monoisotopic (exact) mass is 270 g/mol. The van der Waals surface area contributed by atoms with Gasteiger partial charge in [-0.25, -0.2) is 0 Å². The van der Waals surface area contributed by atoms with Gasteiger partial charge >= 0.3 is 0 Å². The van der Waals surface area contributed by atoms with Gasteiger partial charge in [0.1, 0.15) is 0 Å². The maximum absolute atomic E-state index is 10.6. The summed E-state index contributed by atoms with van der Waals surface area (Å²) in [7, 11) is 0. The maximum atomic E-state index is 10.6. The highest BCUT2D eigenvalue weighted by atomic mass is 16.5. The molecule has 1 saturated heterocycles. The fourth-order valence-electron chi connectivity index (χ4n) is 3.08. The van der Waals surface area contributed by atoms with Crippen LogP contribution < -0.4 is 0 Å². The van der Waals surface area contributed by atoms with Gasteiger partial charge in [0.25, 0.3) is 0 Å². The molecule has 0 aromatic carbocycles. The molecule has 0 spiro atoms. The zero-order valence-electron chi connectivity index (χ0n) is 13.1. The molecule has 2 unspecified atom stereocenters. The van der Waals surface area contributed by atoms with Gasteiger partial charge in [-0.2, -0.15) is 0 Å². The summed E-state index contributed by atoms with van der Waals surface area (Å²) >= 11 is 0. The van der Waals surface area contributed by atoms with Crippen molar-refractivity contribution >= 4 is 0 Å².